The number of hydrogen-bond donors (Lipinski definition) is 6. The van der Waals surface area contributed by atoms with E-state index in [0.29, 0.717) is 83.5 Å². The number of hydrogen-bond acceptors (Lipinski definition) is 17. The predicted octanol–water partition coefficient (Wildman–Crippen LogP) is 16.3. The highest BCUT2D eigenvalue weighted by Gasteiger charge is 2.34. The van der Waals surface area contributed by atoms with Gasteiger partial charge in [0, 0.05) is 144 Å². The number of halogens is 10. The van der Waals surface area contributed by atoms with Crippen LogP contribution in [0.5, 0.6) is 0 Å². The molecule has 7 aromatic heterocycles. The summed E-state index contributed by atoms with van der Waals surface area (Å²) >= 11 is 0. The average molecular weight is 1930 g/mol. The molecule has 2 fully saturated rings. The van der Waals surface area contributed by atoms with Crippen molar-refractivity contribution in [2.24, 2.45) is 21.1 Å². The van der Waals surface area contributed by atoms with Gasteiger partial charge in [-0.2, -0.15) is 0 Å². The quantitative estimate of drug-likeness (QED) is 0.0386. The fourth-order valence-corrected chi connectivity index (χ4v) is 18.4. The number of pyridine rings is 7. The summed E-state index contributed by atoms with van der Waals surface area (Å²) in [5.74, 6) is -13.6. The minimum absolute atomic E-state index is 0.0236. The molecule has 0 amide bonds. The Morgan fingerprint density at radius 2 is 0.681 bits per heavy atom. The summed E-state index contributed by atoms with van der Waals surface area (Å²) in [5, 5.41) is 54.3. The summed E-state index contributed by atoms with van der Waals surface area (Å²) in [5.41, 5.74) is -1.50. The molecule has 2 aliphatic heterocycles. The Kier molecular flexibility index (Phi) is 34.4. The van der Waals surface area contributed by atoms with Crippen molar-refractivity contribution in [2.75, 3.05) is 75.6 Å². The molecule has 0 saturated carbocycles. The lowest BCUT2D eigenvalue weighted by Gasteiger charge is -2.43. The van der Waals surface area contributed by atoms with Crippen LogP contribution in [0.15, 0.2) is 102 Å². The van der Waals surface area contributed by atoms with Gasteiger partial charge in [-0.3, -0.25) is 38.6 Å². The SMILES string of the molecule is CC(C)N1CCN(c2c(F)cc3c(=O)c(C(=O)O)cn(C)c3c2F)CC1C.CC(C)N1CCN(c2nc3c(cc2F)c(=O)c(C(=O)O)cn3C)CC1.CC(C)c1c(F)cc2c(=O)c(C(=O)O)cn(C)c2c1F.Cc1c(C(C)C)c(F)cc2c(=O)c(C(=O)O)cn(CCF)c12.Cc1cc2c(=O)c(C(=O)O)cn(CCF)c2c(C)c1C(C)C.Cc1cc2c(=O)c(C(=O)O)cn(CCF)c2c(F)c1C(C)C. The lowest BCUT2D eigenvalue weighted by molar-refractivity contribution is 0.0684. The third-order valence-corrected chi connectivity index (χ3v) is 24.5. The van der Waals surface area contributed by atoms with E-state index in [4.69, 9.17) is 25.5 Å². The molecule has 6 N–H and O–H groups in total. The van der Waals surface area contributed by atoms with E-state index < -0.39 is 163 Å². The largest absolute Gasteiger partial charge is 0.477 e. The van der Waals surface area contributed by atoms with E-state index in [-0.39, 0.29) is 115 Å². The first kappa shape index (κ1) is 108. The number of benzene rings is 5. The van der Waals surface area contributed by atoms with Crippen molar-refractivity contribution >= 4 is 113 Å². The highest BCUT2D eigenvalue weighted by molar-refractivity contribution is 5.98. The first-order valence-corrected chi connectivity index (χ1v) is 44.2. The van der Waals surface area contributed by atoms with Crippen LogP contribution in [-0.2, 0) is 40.8 Å². The topological polar surface area (TPSA) is 382 Å². The van der Waals surface area contributed by atoms with Gasteiger partial charge in [-0.05, 0) is 161 Å². The van der Waals surface area contributed by atoms with E-state index >= 15 is 4.39 Å². The maximum absolute atomic E-state index is 15.3. The van der Waals surface area contributed by atoms with E-state index in [2.05, 4.69) is 56.3 Å². The highest BCUT2D eigenvalue weighted by Crippen LogP contribution is 2.37. The normalized spacial score (nSPS) is 13.6. The molecule has 2 saturated heterocycles. The number of rotatable bonds is 20. The van der Waals surface area contributed by atoms with Gasteiger partial charge in [-0.15, -0.1) is 0 Å². The van der Waals surface area contributed by atoms with Gasteiger partial charge >= 0.3 is 35.8 Å². The summed E-state index contributed by atoms with van der Waals surface area (Å²) in [7, 11) is 4.46. The summed E-state index contributed by atoms with van der Waals surface area (Å²) in [4.78, 5) is 153. The third kappa shape index (κ3) is 21.9. The van der Waals surface area contributed by atoms with Gasteiger partial charge in [0.15, 0.2) is 29.1 Å². The summed E-state index contributed by atoms with van der Waals surface area (Å²) < 4.78 is 149. The summed E-state index contributed by atoms with van der Waals surface area (Å²) in [6.45, 7) is 34.3. The molecule has 5 aromatic carbocycles. The molecular weight excluding hydrogens is 1820 g/mol. The molecular formula is C99H111F10N11O18. The number of carboxylic acids is 6. The molecule has 2 aliphatic rings. The van der Waals surface area contributed by atoms with E-state index in [0.717, 1.165) is 78.8 Å². The molecule has 12 aromatic rings. The smallest absolute Gasteiger partial charge is 0.341 e. The second-order valence-electron chi connectivity index (χ2n) is 35.7. The fraction of sp³-hybridized carbons (Fsp3) is 0.404. The van der Waals surface area contributed by atoms with Crippen LogP contribution in [0.4, 0.5) is 55.4 Å². The van der Waals surface area contributed by atoms with Crippen molar-refractivity contribution < 1.29 is 103 Å². The molecule has 0 bridgehead atoms. The van der Waals surface area contributed by atoms with E-state index in [1.54, 1.807) is 50.3 Å². The minimum atomic E-state index is -1.43. The minimum Gasteiger partial charge on any atom is -0.477 e. The Bertz CT molecular complexity index is 6930. The Balaban J connectivity index is 0.000000186. The fourth-order valence-electron chi connectivity index (χ4n) is 18.4. The van der Waals surface area contributed by atoms with Crippen LogP contribution in [0.3, 0.4) is 0 Å². The first-order chi connectivity index (χ1) is 64.5. The maximum Gasteiger partial charge on any atom is 0.341 e. The zero-order valence-corrected chi connectivity index (χ0v) is 79.9. The van der Waals surface area contributed by atoms with Gasteiger partial charge in [0.2, 0.25) is 32.6 Å². The number of anilines is 2. The van der Waals surface area contributed by atoms with Crippen LogP contribution in [0.25, 0.3) is 65.5 Å². The van der Waals surface area contributed by atoms with E-state index in [9.17, 15) is 102 Å². The number of fused-ring (bicyclic) bond motifs is 6. The number of aryl methyl sites for hydroxylation is 10. The van der Waals surface area contributed by atoms with Crippen molar-refractivity contribution in [3.05, 3.63) is 254 Å². The predicted molar refractivity (Wildman–Crippen MR) is 507 cm³/mol. The maximum atomic E-state index is 15.3. The molecule has 0 aliphatic carbocycles. The summed E-state index contributed by atoms with van der Waals surface area (Å²) in [6.07, 6.45) is 6.71. The number of aromatic nitrogens is 7. The molecule has 14 rings (SSSR count). The van der Waals surface area contributed by atoms with Crippen molar-refractivity contribution in [2.45, 2.75) is 179 Å². The lowest BCUT2D eigenvalue weighted by atomic mass is 9.90. The van der Waals surface area contributed by atoms with Gasteiger partial charge < -0.3 is 67.8 Å². The van der Waals surface area contributed by atoms with Gasteiger partial charge in [0.25, 0.3) is 0 Å². The zero-order chi connectivity index (χ0) is 103. The molecule has 39 heteroatoms. The van der Waals surface area contributed by atoms with Gasteiger partial charge in [0.05, 0.1) is 63.4 Å². The number of carboxylic acid groups (broad SMARTS) is 6. The molecule has 0 radical (unpaired) electrons. The summed E-state index contributed by atoms with van der Waals surface area (Å²) in [6, 6.07) is 8.10. The first-order valence-electron chi connectivity index (χ1n) is 44.2. The van der Waals surface area contributed by atoms with Gasteiger partial charge in [0.1, 0.15) is 82.2 Å². The second-order valence-corrected chi connectivity index (χ2v) is 35.7. The van der Waals surface area contributed by atoms with Gasteiger partial charge in [-0.1, -0.05) is 55.4 Å². The number of piperazine rings is 2. The van der Waals surface area contributed by atoms with Crippen LogP contribution >= 0.6 is 0 Å². The molecule has 0 spiro atoms. The second kappa shape index (κ2) is 44.1. The molecule has 9 heterocycles. The van der Waals surface area contributed by atoms with E-state index in [1.807, 2.05) is 53.4 Å². The Morgan fingerprint density at radius 3 is 1.07 bits per heavy atom. The standard InChI is InChI=1S/C19H23F2N3O3.C17H21FN4O3.C17H20FNO3.2C16H17F2NO3.C14H13F2NO3/c1-10(2)24-6-5-23(8-11(24)3)17-14(20)7-12-16(15(17)21)22(4)9-13(18(12)25)19(26)27;1-10(2)21-4-6-22(7-5-21)16-13(18)8-11-14(23)12(17(24)25)9-20(3)15(11)19-16;1-9(2)14-10(3)7-12-15(11(14)4)19(6-5-18)8-13(16(12)20)17(21)22;1-8(2)13-9(3)14-10(6-12(13)18)15(20)11(16(21)22)7-19(14)5-4-17;1-8(2)12-9(3)6-10-14(13(12)18)19(5-4-17)7-11(15(10)20)16(21)22;1-6(2)10-9(15)4-7-12(11(10)16)17(3)5-8(13(7)18)14(19)20/h7,9-11H,5-6,8H2,1-4H3,(H,26,27);8-10H,4-7H2,1-3H3,(H,24,25);7-9H,5-6H2,1-4H3,(H,21,22);2*6-8H,4-5H2,1-3H3,(H,21,22);4-6H,1-3H3,(H,19,20). The van der Waals surface area contributed by atoms with Crippen molar-refractivity contribution in [3.8, 4) is 0 Å². The number of alkyl halides is 3. The Labute approximate surface area is 784 Å². The van der Waals surface area contributed by atoms with Crippen LogP contribution in [0.2, 0.25) is 0 Å². The Hall–Kier alpha value is -13.9. The molecule has 138 heavy (non-hydrogen) atoms. The molecule has 740 valence electrons. The average Bonchev–Trinajstić information content (AvgIpc) is 0.732. The van der Waals surface area contributed by atoms with E-state index in [1.165, 1.54) is 55.4 Å². The lowest BCUT2D eigenvalue weighted by Crippen LogP contribution is -2.54. The molecule has 1 unspecified atom stereocenters. The van der Waals surface area contributed by atoms with Crippen LogP contribution in [-0.4, -0.2) is 193 Å². The van der Waals surface area contributed by atoms with Crippen molar-refractivity contribution in [3.63, 3.8) is 0 Å². The van der Waals surface area contributed by atoms with Crippen molar-refractivity contribution in [1.29, 1.82) is 0 Å². The van der Waals surface area contributed by atoms with Crippen LogP contribution in [0, 0.1) is 68.4 Å². The highest BCUT2D eigenvalue weighted by atomic mass is 19.2. The molecule has 29 nitrogen and oxygen atoms in total. The monoisotopic (exact) mass is 1930 g/mol. The third-order valence-electron chi connectivity index (χ3n) is 24.5. The van der Waals surface area contributed by atoms with Crippen molar-refractivity contribution in [1.82, 2.24) is 42.2 Å². The number of aromatic carboxylic acids is 6. The number of carbonyl (C=O) groups is 6. The Morgan fingerprint density at radius 1 is 0.362 bits per heavy atom. The molecule has 1 atom stereocenters. The number of nitrogens with zero attached hydrogens (tertiary/aromatic N) is 11. The zero-order valence-electron chi connectivity index (χ0n) is 79.9. The van der Waals surface area contributed by atoms with Crippen LogP contribution < -0.4 is 42.4 Å². The van der Waals surface area contributed by atoms with Gasteiger partial charge in [-0.25, -0.2) is 77.7 Å². The van der Waals surface area contributed by atoms with Crippen LogP contribution in [0.1, 0.15) is 220 Å².